The van der Waals surface area contributed by atoms with Crippen molar-refractivity contribution in [2.45, 2.75) is 32.4 Å². The standard InChI is InChI=1S/C19H29N3O3/c1-14-4-3-5-15(21-14)12-22-9-6-18-17(13-22)16(7-10-25-18)19(23)20-8-11-24-2/h3-5,16-18H,6-13H2,1-2H3,(H,20,23)/t16-,17-,18-/m0/s1. The van der Waals surface area contributed by atoms with Gasteiger partial charge in [-0.05, 0) is 31.9 Å². The Labute approximate surface area is 149 Å². The molecule has 6 heteroatoms. The molecule has 1 aromatic rings. The number of carbonyl (C=O) groups excluding carboxylic acids is 1. The molecule has 0 saturated carbocycles. The van der Waals surface area contributed by atoms with E-state index >= 15 is 0 Å². The van der Waals surface area contributed by atoms with Crippen molar-refractivity contribution >= 4 is 5.91 Å². The van der Waals surface area contributed by atoms with Crippen LogP contribution < -0.4 is 5.32 Å². The quantitative estimate of drug-likeness (QED) is 0.788. The average Bonchev–Trinajstić information content (AvgIpc) is 2.61. The van der Waals surface area contributed by atoms with Crippen molar-refractivity contribution in [2.75, 3.05) is 40.0 Å². The number of nitrogens with zero attached hydrogens (tertiary/aromatic N) is 2. The van der Waals surface area contributed by atoms with Gasteiger partial charge in [0.25, 0.3) is 0 Å². The highest BCUT2D eigenvalue weighted by Crippen LogP contribution is 2.33. The summed E-state index contributed by atoms with van der Waals surface area (Å²) in [4.78, 5) is 19.6. The number of fused-ring (bicyclic) bond motifs is 1. The van der Waals surface area contributed by atoms with Gasteiger partial charge >= 0.3 is 0 Å². The summed E-state index contributed by atoms with van der Waals surface area (Å²) in [5, 5.41) is 3.01. The third-order valence-corrected chi connectivity index (χ3v) is 5.23. The van der Waals surface area contributed by atoms with E-state index in [0.717, 1.165) is 43.9 Å². The van der Waals surface area contributed by atoms with E-state index in [4.69, 9.17) is 9.47 Å². The maximum Gasteiger partial charge on any atom is 0.223 e. The minimum Gasteiger partial charge on any atom is -0.383 e. The number of carbonyl (C=O) groups is 1. The molecule has 1 aromatic heterocycles. The van der Waals surface area contributed by atoms with Gasteiger partial charge in [0.2, 0.25) is 5.91 Å². The number of piperidine rings is 1. The Morgan fingerprint density at radius 3 is 3.12 bits per heavy atom. The number of amides is 1. The topological polar surface area (TPSA) is 63.7 Å². The number of rotatable bonds is 6. The van der Waals surface area contributed by atoms with Gasteiger partial charge in [0.1, 0.15) is 0 Å². The summed E-state index contributed by atoms with van der Waals surface area (Å²) in [6.07, 6.45) is 1.99. The second kappa shape index (κ2) is 8.74. The van der Waals surface area contributed by atoms with Crippen molar-refractivity contribution in [2.24, 2.45) is 11.8 Å². The number of pyridine rings is 1. The molecule has 1 amide bonds. The first-order valence-electron chi connectivity index (χ1n) is 9.20. The normalized spacial score (nSPS) is 26.9. The Kier molecular flexibility index (Phi) is 6.39. The molecule has 0 aromatic carbocycles. The molecule has 1 N–H and O–H groups in total. The third kappa shape index (κ3) is 4.77. The van der Waals surface area contributed by atoms with Gasteiger partial charge in [-0.15, -0.1) is 0 Å². The number of aromatic nitrogens is 1. The van der Waals surface area contributed by atoms with Gasteiger partial charge in [-0.1, -0.05) is 6.07 Å². The summed E-state index contributed by atoms with van der Waals surface area (Å²) >= 11 is 0. The lowest BCUT2D eigenvalue weighted by atomic mass is 9.79. The van der Waals surface area contributed by atoms with Crippen LogP contribution in [0.2, 0.25) is 0 Å². The molecular weight excluding hydrogens is 318 g/mol. The van der Waals surface area contributed by atoms with E-state index in [9.17, 15) is 4.79 Å². The highest BCUT2D eigenvalue weighted by atomic mass is 16.5. The van der Waals surface area contributed by atoms with Gasteiger partial charge < -0.3 is 14.8 Å². The molecule has 2 fully saturated rings. The molecule has 0 bridgehead atoms. The third-order valence-electron chi connectivity index (χ3n) is 5.23. The number of likely N-dealkylation sites (tertiary alicyclic amines) is 1. The van der Waals surface area contributed by atoms with E-state index in [1.807, 2.05) is 13.0 Å². The summed E-state index contributed by atoms with van der Waals surface area (Å²) in [5.74, 6) is 0.435. The summed E-state index contributed by atoms with van der Waals surface area (Å²) in [5.41, 5.74) is 2.14. The Morgan fingerprint density at radius 1 is 1.44 bits per heavy atom. The zero-order valence-electron chi connectivity index (χ0n) is 15.2. The second-order valence-electron chi connectivity index (χ2n) is 7.05. The largest absolute Gasteiger partial charge is 0.383 e. The van der Waals surface area contributed by atoms with Gasteiger partial charge in [0, 0.05) is 57.4 Å². The fraction of sp³-hybridized carbons (Fsp3) is 0.684. The fourth-order valence-corrected chi connectivity index (χ4v) is 3.98. The maximum absolute atomic E-state index is 12.6. The summed E-state index contributed by atoms with van der Waals surface area (Å²) in [6, 6.07) is 6.15. The van der Waals surface area contributed by atoms with Crippen molar-refractivity contribution in [3.05, 3.63) is 29.6 Å². The van der Waals surface area contributed by atoms with Crippen LogP contribution in [0.1, 0.15) is 24.2 Å². The maximum atomic E-state index is 12.6. The van der Waals surface area contributed by atoms with Crippen LogP contribution in [-0.2, 0) is 20.8 Å². The van der Waals surface area contributed by atoms with Crippen molar-refractivity contribution < 1.29 is 14.3 Å². The SMILES string of the molecule is COCCNC(=O)[C@H]1CCO[C@H]2CCN(Cc3cccc(C)n3)C[C@H]21. The molecule has 2 aliphatic heterocycles. The number of hydrogen-bond donors (Lipinski definition) is 1. The van der Waals surface area contributed by atoms with Gasteiger partial charge in [-0.2, -0.15) is 0 Å². The van der Waals surface area contributed by atoms with Gasteiger partial charge in [-0.25, -0.2) is 0 Å². The molecule has 138 valence electrons. The Bertz CT molecular complexity index is 581. The lowest BCUT2D eigenvalue weighted by Gasteiger charge is -2.44. The van der Waals surface area contributed by atoms with E-state index < -0.39 is 0 Å². The first kappa shape index (κ1) is 18.3. The zero-order valence-corrected chi connectivity index (χ0v) is 15.2. The van der Waals surface area contributed by atoms with Crippen LogP contribution in [0, 0.1) is 18.8 Å². The van der Waals surface area contributed by atoms with Crippen LogP contribution in [0.4, 0.5) is 0 Å². The lowest BCUT2D eigenvalue weighted by Crippen LogP contribution is -2.53. The van der Waals surface area contributed by atoms with Crippen molar-refractivity contribution in [3.8, 4) is 0 Å². The lowest BCUT2D eigenvalue weighted by molar-refractivity contribution is -0.142. The highest BCUT2D eigenvalue weighted by molar-refractivity contribution is 5.79. The smallest absolute Gasteiger partial charge is 0.223 e. The molecule has 0 aliphatic carbocycles. The fourth-order valence-electron chi connectivity index (χ4n) is 3.98. The first-order chi connectivity index (χ1) is 12.2. The summed E-state index contributed by atoms with van der Waals surface area (Å²) < 4.78 is 11.0. The second-order valence-corrected chi connectivity index (χ2v) is 7.05. The van der Waals surface area contributed by atoms with E-state index in [1.54, 1.807) is 7.11 Å². The van der Waals surface area contributed by atoms with Gasteiger partial charge in [-0.3, -0.25) is 14.7 Å². The number of hydrogen-bond acceptors (Lipinski definition) is 5. The molecule has 3 atom stereocenters. The Balaban J connectivity index is 1.61. The van der Waals surface area contributed by atoms with E-state index in [2.05, 4.69) is 27.3 Å². The zero-order chi connectivity index (χ0) is 17.6. The molecule has 3 rings (SSSR count). The molecule has 0 spiro atoms. The van der Waals surface area contributed by atoms with E-state index in [1.165, 1.54) is 0 Å². The molecule has 3 heterocycles. The number of ether oxygens (including phenoxy) is 2. The minimum absolute atomic E-state index is 0.0314. The van der Waals surface area contributed by atoms with Crippen LogP contribution in [0.3, 0.4) is 0 Å². The number of methoxy groups -OCH3 is 1. The average molecular weight is 347 g/mol. The van der Waals surface area contributed by atoms with Crippen molar-refractivity contribution in [1.29, 1.82) is 0 Å². The Hall–Kier alpha value is -1.50. The molecule has 2 saturated heterocycles. The van der Waals surface area contributed by atoms with Crippen molar-refractivity contribution in [3.63, 3.8) is 0 Å². The summed E-state index contributed by atoms with van der Waals surface area (Å²) in [7, 11) is 1.65. The van der Waals surface area contributed by atoms with Crippen LogP contribution in [-0.4, -0.2) is 61.9 Å². The molecule has 25 heavy (non-hydrogen) atoms. The van der Waals surface area contributed by atoms with Crippen LogP contribution in [0.15, 0.2) is 18.2 Å². The Morgan fingerprint density at radius 2 is 2.32 bits per heavy atom. The van der Waals surface area contributed by atoms with Crippen LogP contribution in [0.5, 0.6) is 0 Å². The molecule has 0 unspecified atom stereocenters. The molecule has 6 nitrogen and oxygen atoms in total. The van der Waals surface area contributed by atoms with Crippen LogP contribution >= 0.6 is 0 Å². The number of aryl methyl sites for hydroxylation is 1. The van der Waals surface area contributed by atoms with Gasteiger partial charge in [0.05, 0.1) is 18.4 Å². The highest BCUT2D eigenvalue weighted by Gasteiger charge is 2.41. The van der Waals surface area contributed by atoms with E-state index in [-0.39, 0.29) is 23.8 Å². The van der Waals surface area contributed by atoms with Crippen molar-refractivity contribution in [1.82, 2.24) is 15.2 Å². The number of nitrogens with one attached hydrogen (secondary N) is 1. The van der Waals surface area contributed by atoms with Gasteiger partial charge in [0.15, 0.2) is 0 Å². The summed E-state index contributed by atoms with van der Waals surface area (Å²) in [6.45, 7) is 6.55. The molecular formula is C19H29N3O3. The predicted molar refractivity (Wildman–Crippen MR) is 95.1 cm³/mol. The van der Waals surface area contributed by atoms with E-state index in [0.29, 0.717) is 19.8 Å². The predicted octanol–water partition coefficient (Wildman–Crippen LogP) is 1.38. The first-order valence-corrected chi connectivity index (χ1v) is 9.20. The minimum atomic E-state index is 0.0314. The molecule has 0 radical (unpaired) electrons. The van der Waals surface area contributed by atoms with Crippen LogP contribution in [0.25, 0.3) is 0 Å². The molecule has 2 aliphatic rings. The monoisotopic (exact) mass is 347 g/mol.